The quantitative estimate of drug-likeness (QED) is 0.809. The molecule has 0 bridgehead atoms. The summed E-state index contributed by atoms with van der Waals surface area (Å²) in [6, 6.07) is 7.21. The molecule has 0 atom stereocenters. The minimum Gasteiger partial charge on any atom is -0.265 e. The number of amides is 1. The van der Waals surface area contributed by atoms with Gasteiger partial charge in [0, 0.05) is 6.20 Å². The maximum absolute atomic E-state index is 13.1. The summed E-state index contributed by atoms with van der Waals surface area (Å²) < 4.78 is 39.2. The first kappa shape index (κ1) is 15.9. The van der Waals surface area contributed by atoms with Crippen molar-refractivity contribution < 1.29 is 18.0 Å². The van der Waals surface area contributed by atoms with Crippen LogP contribution in [0, 0.1) is 6.92 Å². The van der Waals surface area contributed by atoms with Crippen LogP contribution < -0.4 is 0 Å². The molecule has 0 aliphatic heterocycles. The summed E-state index contributed by atoms with van der Waals surface area (Å²) >= 11 is 0. The molecule has 0 fully saturated rings. The number of nitrogens with zero attached hydrogens (tertiary/aromatic N) is 2. The maximum atomic E-state index is 13.1. The average Bonchev–Trinajstić information content (AvgIpc) is 2.48. The normalized spacial score (nSPS) is 11.3. The lowest BCUT2D eigenvalue weighted by Crippen LogP contribution is -2.10. The Kier molecular flexibility index (Phi) is 4.40. The lowest BCUT2D eigenvalue weighted by molar-refractivity contribution is -0.138. The molecule has 0 aliphatic carbocycles. The monoisotopic (exact) mass is 306 g/mol. The number of hydrogen-bond donors (Lipinski definition) is 0. The van der Waals surface area contributed by atoms with E-state index in [2.05, 4.69) is 16.7 Å². The second-order valence-corrected chi connectivity index (χ2v) is 4.85. The number of benzene rings is 1. The topological polar surface area (TPSA) is 42.3 Å². The summed E-state index contributed by atoms with van der Waals surface area (Å²) in [6.45, 7) is 4.72. The van der Waals surface area contributed by atoms with Gasteiger partial charge in [0.15, 0.2) is 0 Å². The van der Waals surface area contributed by atoms with Gasteiger partial charge in [0.05, 0.1) is 5.56 Å². The predicted molar refractivity (Wildman–Crippen MR) is 77.1 cm³/mol. The van der Waals surface area contributed by atoms with E-state index in [4.69, 9.17) is 0 Å². The van der Waals surface area contributed by atoms with Gasteiger partial charge in [0.25, 0.3) is 5.91 Å². The van der Waals surface area contributed by atoms with Crippen LogP contribution in [0.25, 0.3) is 0 Å². The van der Waals surface area contributed by atoms with Gasteiger partial charge < -0.3 is 0 Å². The Hall–Kier alpha value is -2.50. The predicted octanol–water partition coefficient (Wildman–Crippen LogP) is 3.84. The summed E-state index contributed by atoms with van der Waals surface area (Å²) in [5.41, 5.74) is 0.752. The molecule has 0 N–H and O–H groups in total. The van der Waals surface area contributed by atoms with Gasteiger partial charge in [-0.3, -0.25) is 9.78 Å². The van der Waals surface area contributed by atoms with E-state index >= 15 is 0 Å². The Labute approximate surface area is 125 Å². The van der Waals surface area contributed by atoms with Crippen LogP contribution in [0.4, 0.5) is 13.2 Å². The number of alkyl halides is 3. The van der Waals surface area contributed by atoms with Gasteiger partial charge in [-0.1, -0.05) is 23.8 Å². The Morgan fingerprint density at radius 1 is 1.27 bits per heavy atom. The first-order chi connectivity index (χ1) is 10.3. The van der Waals surface area contributed by atoms with E-state index in [0.717, 1.165) is 6.07 Å². The number of pyridine rings is 1. The van der Waals surface area contributed by atoms with Crippen molar-refractivity contribution in [3.63, 3.8) is 0 Å². The van der Waals surface area contributed by atoms with Crippen LogP contribution in [-0.4, -0.2) is 17.6 Å². The Balaban J connectivity index is 2.31. The van der Waals surface area contributed by atoms with E-state index in [1.165, 1.54) is 18.3 Å². The highest BCUT2D eigenvalue weighted by atomic mass is 19.4. The summed E-state index contributed by atoms with van der Waals surface area (Å²) in [5, 5.41) is 0. The molecule has 0 aliphatic rings. The van der Waals surface area contributed by atoms with E-state index < -0.39 is 17.6 Å². The van der Waals surface area contributed by atoms with Gasteiger partial charge in [-0.2, -0.15) is 13.2 Å². The Bertz CT molecular complexity index is 706. The fourth-order valence-corrected chi connectivity index (χ4v) is 2.06. The lowest BCUT2D eigenvalue weighted by atomic mass is 9.98. The second kappa shape index (κ2) is 6.09. The molecule has 0 spiro atoms. The zero-order chi connectivity index (χ0) is 16.3. The molecule has 2 aromatic rings. The highest BCUT2D eigenvalue weighted by Crippen LogP contribution is 2.33. The molecule has 114 valence electrons. The van der Waals surface area contributed by atoms with E-state index in [1.807, 2.05) is 0 Å². The average molecular weight is 306 g/mol. The highest BCUT2D eigenvalue weighted by molar-refractivity contribution is 5.95. The van der Waals surface area contributed by atoms with Gasteiger partial charge in [-0.25, -0.2) is 4.99 Å². The number of aliphatic imine (C=N–C) groups is 1. The first-order valence-corrected chi connectivity index (χ1v) is 6.44. The van der Waals surface area contributed by atoms with Crippen LogP contribution in [0.15, 0.2) is 41.5 Å². The summed E-state index contributed by atoms with van der Waals surface area (Å²) in [6.07, 6.45) is -2.95. The van der Waals surface area contributed by atoms with Crippen LogP contribution in [0.1, 0.15) is 32.7 Å². The Morgan fingerprint density at radius 2 is 2.00 bits per heavy atom. The highest BCUT2D eigenvalue weighted by Gasteiger charge is 2.33. The third-order valence-corrected chi connectivity index (χ3v) is 3.15. The Morgan fingerprint density at radius 3 is 2.55 bits per heavy atom. The van der Waals surface area contributed by atoms with Gasteiger partial charge in [-0.05, 0) is 43.3 Å². The van der Waals surface area contributed by atoms with Crippen molar-refractivity contribution in [2.75, 3.05) is 0 Å². The van der Waals surface area contributed by atoms with E-state index in [1.54, 1.807) is 19.1 Å². The lowest BCUT2D eigenvalue weighted by Gasteiger charge is -2.13. The molecule has 1 heterocycles. The molecule has 1 amide bonds. The van der Waals surface area contributed by atoms with Gasteiger partial charge in [0.1, 0.15) is 5.69 Å². The smallest absolute Gasteiger partial charge is 0.265 e. The van der Waals surface area contributed by atoms with Crippen LogP contribution in [-0.2, 0) is 12.6 Å². The summed E-state index contributed by atoms with van der Waals surface area (Å²) in [7, 11) is 0. The van der Waals surface area contributed by atoms with E-state index in [9.17, 15) is 18.0 Å². The van der Waals surface area contributed by atoms with Crippen molar-refractivity contribution in [3.8, 4) is 0 Å². The SMILES string of the molecule is C=NC(=O)c1ccc(Cc2ccc(C)cc2C(F)(F)F)cn1. The number of aromatic nitrogens is 1. The minimum atomic E-state index is -4.41. The second-order valence-electron chi connectivity index (χ2n) is 4.85. The van der Waals surface area contributed by atoms with Crippen LogP contribution >= 0.6 is 0 Å². The van der Waals surface area contributed by atoms with Crippen molar-refractivity contribution in [2.24, 2.45) is 4.99 Å². The molecule has 0 radical (unpaired) electrons. The number of hydrogen-bond acceptors (Lipinski definition) is 2. The number of halogens is 3. The van der Waals surface area contributed by atoms with Crippen molar-refractivity contribution in [3.05, 3.63) is 64.5 Å². The molecular formula is C16H13F3N2O. The van der Waals surface area contributed by atoms with Crippen molar-refractivity contribution in [2.45, 2.75) is 19.5 Å². The zero-order valence-corrected chi connectivity index (χ0v) is 11.8. The standard InChI is InChI=1S/C16H13F3N2O/c1-10-3-5-12(13(7-10)16(17,18)19)8-11-4-6-14(21-9-11)15(22)20-2/h3-7,9H,2,8H2,1H3. The molecule has 0 unspecified atom stereocenters. The molecule has 1 aromatic carbocycles. The molecule has 0 saturated carbocycles. The molecule has 3 nitrogen and oxygen atoms in total. The third kappa shape index (κ3) is 3.58. The number of rotatable bonds is 3. The van der Waals surface area contributed by atoms with Crippen molar-refractivity contribution in [1.82, 2.24) is 4.98 Å². The number of aryl methyl sites for hydroxylation is 1. The number of carbonyl (C=O) groups is 1. The minimum absolute atomic E-state index is 0.0815. The van der Waals surface area contributed by atoms with Crippen molar-refractivity contribution >= 4 is 12.6 Å². The van der Waals surface area contributed by atoms with Crippen LogP contribution in [0.2, 0.25) is 0 Å². The molecule has 1 aromatic heterocycles. The van der Waals surface area contributed by atoms with E-state index in [-0.39, 0.29) is 17.7 Å². The zero-order valence-electron chi connectivity index (χ0n) is 11.8. The molecule has 0 saturated heterocycles. The molecule has 2 rings (SSSR count). The largest absolute Gasteiger partial charge is 0.416 e. The fraction of sp³-hybridized carbons (Fsp3) is 0.188. The van der Waals surface area contributed by atoms with Crippen LogP contribution in [0.5, 0.6) is 0 Å². The first-order valence-electron chi connectivity index (χ1n) is 6.44. The molecule has 22 heavy (non-hydrogen) atoms. The van der Waals surface area contributed by atoms with Crippen LogP contribution in [0.3, 0.4) is 0 Å². The van der Waals surface area contributed by atoms with Gasteiger partial charge in [0.2, 0.25) is 0 Å². The summed E-state index contributed by atoms with van der Waals surface area (Å²) in [4.78, 5) is 18.4. The third-order valence-electron chi connectivity index (χ3n) is 3.15. The fourth-order valence-electron chi connectivity index (χ4n) is 2.06. The summed E-state index contributed by atoms with van der Waals surface area (Å²) in [5.74, 6) is -0.571. The number of carbonyl (C=O) groups excluding carboxylic acids is 1. The molecule has 6 heteroatoms. The van der Waals surface area contributed by atoms with E-state index in [0.29, 0.717) is 11.1 Å². The molecular weight excluding hydrogens is 293 g/mol. The maximum Gasteiger partial charge on any atom is 0.416 e. The van der Waals surface area contributed by atoms with Crippen molar-refractivity contribution in [1.29, 1.82) is 0 Å². The van der Waals surface area contributed by atoms with Gasteiger partial charge >= 0.3 is 6.18 Å². The van der Waals surface area contributed by atoms with Gasteiger partial charge in [-0.15, -0.1) is 0 Å².